The molecule has 0 radical (unpaired) electrons. The Labute approximate surface area is 126 Å². The Morgan fingerprint density at radius 3 is 1.95 bits per heavy atom. The van der Waals surface area contributed by atoms with E-state index in [1.807, 2.05) is 41.5 Å². The van der Waals surface area contributed by atoms with E-state index >= 15 is 0 Å². The first-order valence-corrected chi connectivity index (χ1v) is 7.54. The van der Waals surface area contributed by atoms with Crippen LogP contribution in [0.2, 0.25) is 0 Å². The van der Waals surface area contributed by atoms with E-state index in [1.54, 1.807) is 0 Å². The molecule has 0 spiro atoms. The summed E-state index contributed by atoms with van der Waals surface area (Å²) in [4.78, 5) is 0. The molecule has 21 heavy (non-hydrogen) atoms. The Morgan fingerprint density at radius 1 is 0.905 bits per heavy atom. The van der Waals surface area contributed by atoms with Gasteiger partial charge in [0.25, 0.3) is 0 Å². The molecule has 0 aromatic rings. The van der Waals surface area contributed by atoms with Gasteiger partial charge in [-0.2, -0.15) is 0 Å². The molecule has 3 aliphatic rings. The third-order valence-corrected chi connectivity index (χ3v) is 4.91. The third-order valence-electron chi connectivity index (χ3n) is 4.91. The van der Waals surface area contributed by atoms with Gasteiger partial charge in [-0.3, -0.25) is 0 Å². The summed E-state index contributed by atoms with van der Waals surface area (Å²) in [6, 6.07) is -0.407. The van der Waals surface area contributed by atoms with Crippen LogP contribution < -0.4 is 0 Å². The average molecular weight is 300 g/mol. The second-order valence-corrected chi connectivity index (χ2v) is 7.51. The zero-order valence-corrected chi connectivity index (χ0v) is 13.6. The molecule has 0 bridgehead atoms. The van der Waals surface area contributed by atoms with Gasteiger partial charge in [-0.05, 0) is 41.5 Å². The number of hydrogen-bond acceptors (Lipinski definition) is 6. The van der Waals surface area contributed by atoms with Crippen molar-refractivity contribution in [2.24, 2.45) is 0 Å². The highest BCUT2D eigenvalue weighted by molar-refractivity contribution is 6.47. The second-order valence-electron chi connectivity index (χ2n) is 7.51. The van der Waals surface area contributed by atoms with E-state index in [0.717, 1.165) is 0 Å². The summed E-state index contributed by atoms with van der Waals surface area (Å²) in [7, 11) is -0.531. The fraction of sp³-hybridized carbons (Fsp3) is 1.00. The van der Waals surface area contributed by atoms with Crippen LogP contribution in [-0.4, -0.2) is 60.1 Å². The summed E-state index contributed by atoms with van der Waals surface area (Å²) in [5, 5.41) is 9.51. The first-order chi connectivity index (χ1) is 9.56. The summed E-state index contributed by atoms with van der Waals surface area (Å²) in [6.45, 7) is 11.6. The monoisotopic (exact) mass is 300 g/mol. The van der Waals surface area contributed by atoms with Gasteiger partial charge < -0.3 is 28.6 Å². The van der Waals surface area contributed by atoms with E-state index in [1.165, 1.54) is 0 Å². The zero-order chi connectivity index (χ0) is 15.6. The summed E-state index contributed by atoms with van der Waals surface area (Å²) >= 11 is 0. The van der Waals surface area contributed by atoms with Crippen molar-refractivity contribution in [2.45, 2.75) is 82.8 Å². The van der Waals surface area contributed by atoms with Gasteiger partial charge in [0.2, 0.25) is 0 Å². The van der Waals surface area contributed by atoms with E-state index in [0.29, 0.717) is 0 Å². The van der Waals surface area contributed by atoms with Crippen LogP contribution in [0.4, 0.5) is 0 Å². The maximum Gasteiger partial charge on any atom is 0.491 e. The van der Waals surface area contributed by atoms with Crippen molar-refractivity contribution < 1.29 is 28.6 Å². The Bertz CT molecular complexity index is 408. The van der Waals surface area contributed by atoms with Crippen molar-refractivity contribution in [3.05, 3.63) is 0 Å². The van der Waals surface area contributed by atoms with Crippen LogP contribution in [-0.2, 0) is 23.5 Å². The SMILES string of the molecule is CC1(C)O[C@@H]2[C@H](O1)[C@@H](CO)O[C@H]2B1OC(C)(C)C(C)(C)O1. The van der Waals surface area contributed by atoms with Gasteiger partial charge in [-0.15, -0.1) is 0 Å². The van der Waals surface area contributed by atoms with E-state index in [9.17, 15) is 5.11 Å². The molecule has 0 saturated carbocycles. The van der Waals surface area contributed by atoms with E-state index < -0.39 is 36.2 Å². The Balaban J connectivity index is 1.81. The van der Waals surface area contributed by atoms with Crippen LogP contribution in [0.5, 0.6) is 0 Å². The second kappa shape index (κ2) is 4.66. The summed E-state index contributed by atoms with van der Waals surface area (Å²) < 4.78 is 29.8. The minimum Gasteiger partial charge on any atom is -0.401 e. The van der Waals surface area contributed by atoms with Gasteiger partial charge in [-0.25, -0.2) is 0 Å². The fourth-order valence-electron chi connectivity index (χ4n) is 3.10. The molecule has 6 nitrogen and oxygen atoms in total. The maximum absolute atomic E-state index is 9.51. The lowest BCUT2D eigenvalue weighted by Crippen LogP contribution is -2.44. The highest BCUT2D eigenvalue weighted by atomic mass is 16.8. The summed E-state index contributed by atoms with van der Waals surface area (Å²) in [5.41, 5.74) is -0.856. The quantitative estimate of drug-likeness (QED) is 0.764. The normalized spacial score (nSPS) is 43.3. The molecule has 0 unspecified atom stereocenters. The van der Waals surface area contributed by atoms with Crippen LogP contribution >= 0.6 is 0 Å². The standard InChI is InChI=1S/C14H25BO6/c1-12(2)13(3,4)21-15(20-12)11-10-9(8(7-16)17-11)18-14(5,6)19-10/h8-11,16H,7H2,1-6H3/t8-,9-,10-,11-/m1/s1. The number of rotatable bonds is 2. The fourth-order valence-corrected chi connectivity index (χ4v) is 3.10. The van der Waals surface area contributed by atoms with Crippen molar-refractivity contribution >= 4 is 7.12 Å². The van der Waals surface area contributed by atoms with Crippen molar-refractivity contribution in [2.75, 3.05) is 6.61 Å². The largest absolute Gasteiger partial charge is 0.491 e. The molecule has 3 saturated heterocycles. The molecular formula is C14H25BO6. The molecule has 3 heterocycles. The lowest BCUT2D eigenvalue weighted by atomic mass is 9.77. The molecule has 0 aromatic heterocycles. The number of ether oxygens (including phenoxy) is 3. The summed E-state index contributed by atoms with van der Waals surface area (Å²) in [6.07, 6.45) is -1.01. The van der Waals surface area contributed by atoms with Gasteiger partial charge in [0, 0.05) is 0 Å². The molecule has 3 fully saturated rings. The predicted octanol–water partition coefficient (Wildman–Crippen LogP) is 0.898. The van der Waals surface area contributed by atoms with Crippen LogP contribution in [0.1, 0.15) is 41.5 Å². The molecule has 0 aromatic carbocycles. The molecule has 1 N–H and O–H groups in total. The minimum absolute atomic E-state index is 0.114. The first-order valence-electron chi connectivity index (χ1n) is 7.54. The van der Waals surface area contributed by atoms with Crippen LogP contribution in [0.15, 0.2) is 0 Å². The van der Waals surface area contributed by atoms with Gasteiger partial charge in [-0.1, -0.05) is 0 Å². The van der Waals surface area contributed by atoms with Gasteiger partial charge in [0.15, 0.2) is 5.79 Å². The lowest BCUT2D eigenvalue weighted by Gasteiger charge is -2.32. The molecule has 0 amide bonds. The van der Waals surface area contributed by atoms with Gasteiger partial charge >= 0.3 is 7.12 Å². The molecular weight excluding hydrogens is 275 g/mol. The van der Waals surface area contributed by atoms with Crippen molar-refractivity contribution in [3.63, 3.8) is 0 Å². The molecule has 0 aliphatic carbocycles. The first kappa shape index (κ1) is 15.7. The van der Waals surface area contributed by atoms with Gasteiger partial charge in [0.05, 0.1) is 17.8 Å². The van der Waals surface area contributed by atoms with E-state index in [-0.39, 0.29) is 18.8 Å². The van der Waals surface area contributed by atoms with Crippen LogP contribution in [0, 0.1) is 0 Å². The van der Waals surface area contributed by atoms with E-state index in [2.05, 4.69) is 0 Å². The topological polar surface area (TPSA) is 66.4 Å². The number of aliphatic hydroxyl groups excluding tert-OH is 1. The summed E-state index contributed by atoms with van der Waals surface area (Å²) in [5.74, 6) is -0.686. The molecule has 4 atom stereocenters. The number of fused-ring (bicyclic) bond motifs is 1. The van der Waals surface area contributed by atoms with E-state index in [4.69, 9.17) is 23.5 Å². The smallest absolute Gasteiger partial charge is 0.401 e. The molecule has 7 heteroatoms. The zero-order valence-electron chi connectivity index (χ0n) is 13.6. The average Bonchev–Trinajstić information content (AvgIpc) is 2.86. The van der Waals surface area contributed by atoms with Crippen LogP contribution in [0.3, 0.4) is 0 Å². The minimum atomic E-state index is -0.686. The highest BCUT2D eigenvalue weighted by Gasteiger charge is 2.64. The van der Waals surface area contributed by atoms with Crippen LogP contribution in [0.25, 0.3) is 0 Å². The Hall–Kier alpha value is -0.175. The Kier molecular flexibility index (Phi) is 3.49. The molecule has 120 valence electrons. The number of aliphatic hydroxyl groups is 1. The maximum atomic E-state index is 9.51. The number of hydrogen-bond donors (Lipinski definition) is 1. The highest BCUT2D eigenvalue weighted by Crippen LogP contribution is 2.44. The predicted molar refractivity (Wildman–Crippen MR) is 75.7 cm³/mol. The molecule has 3 aliphatic heterocycles. The van der Waals surface area contributed by atoms with Crippen molar-refractivity contribution in [1.82, 2.24) is 0 Å². The van der Waals surface area contributed by atoms with Crippen molar-refractivity contribution in [1.29, 1.82) is 0 Å². The third kappa shape index (κ3) is 2.44. The lowest BCUT2D eigenvalue weighted by molar-refractivity contribution is -0.184. The Morgan fingerprint density at radius 2 is 1.43 bits per heavy atom. The molecule has 3 rings (SSSR count). The van der Waals surface area contributed by atoms with Gasteiger partial charge in [0.1, 0.15) is 24.3 Å². The van der Waals surface area contributed by atoms with Crippen molar-refractivity contribution in [3.8, 4) is 0 Å².